The molecule has 2 heterocycles. The highest BCUT2D eigenvalue weighted by molar-refractivity contribution is 7.99. The fraction of sp³-hybridized carbons (Fsp3) is 0.562. The van der Waals surface area contributed by atoms with Gasteiger partial charge in [-0.15, -0.1) is 11.8 Å². The number of nitrogens with one attached hydrogen (secondary N) is 1. The van der Waals surface area contributed by atoms with Crippen molar-refractivity contribution in [1.82, 2.24) is 10.2 Å². The molecule has 1 fully saturated rings. The number of halogens is 1. The molecule has 5 heteroatoms. The Morgan fingerprint density at radius 1 is 1.48 bits per heavy atom. The Hall–Kier alpha value is -1.07. The number of benzene rings is 1. The molecular formula is C16H21FN2OS. The van der Waals surface area contributed by atoms with E-state index in [1.165, 1.54) is 11.0 Å². The maximum atomic E-state index is 13.5. The second-order valence-electron chi connectivity index (χ2n) is 5.72. The molecule has 3 rings (SSSR count). The number of fused-ring (bicyclic) bond motifs is 1. The minimum Gasteiger partial charge on any atom is -0.341 e. The van der Waals surface area contributed by atoms with Gasteiger partial charge < -0.3 is 10.2 Å². The highest BCUT2D eigenvalue weighted by Crippen LogP contribution is 2.37. The first kappa shape index (κ1) is 14.9. The predicted molar refractivity (Wildman–Crippen MR) is 82.9 cm³/mol. The second kappa shape index (κ2) is 6.36. The topological polar surface area (TPSA) is 32.3 Å². The van der Waals surface area contributed by atoms with Crippen molar-refractivity contribution in [2.24, 2.45) is 0 Å². The second-order valence-corrected chi connectivity index (χ2v) is 6.85. The van der Waals surface area contributed by atoms with Crippen molar-refractivity contribution >= 4 is 17.7 Å². The number of likely N-dealkylation sites (tertiary alicyclic amines) is 1. The molecule has 0 spiro atoms. The third-order valence-electron chi connectivity index (χ3n) is 4.29. The number of hydrogen-bond donors (Lipinski definition) is 1. The Balaban J connectivity index is 1.67. The van der Waals surface area contributed by atoms with Crippen molar-refractivity contribution < 1.29 is 9.18 Å². The lowest BCUT2D eigenvalue weighted by Gasteiger charge is -2.29. The van der Waals surface area contributed by atoms with Crippen molar-refractivity contribution in [3.63, 3.8) is 0 Å². The van der Waals surface area contributed by atoms with Gasteiger partial charge in [-0.25, -0.2) is 4.39 Å². The molecule has 0 saturated carbocycles. The van der Waals surface area contributed by atoms with Gasteiger partial charge in [-0.1, -0.05) is 6.92 Å². The van der Waals surface area contributed by atoms with Gasteiger partial charge in [-0.2, -0.15) is 0 Å². The zero-order valence-corrected chi connectivity index (χ0v) is 13.1. The summed E-state index contributed by atoms with van der Waals surface area (Å²) in [5.41, 5.74) is 1.08. The highest BCUT2D eigenvalue weighted by atomic mass is 32.2. The Labute approximate surface area is 129 Å². The molecule has 2 unspecified atom stereocenters. The monoisotopic (exact) mass is 308 g/mol. The van der Waals surface area contributed by atoms with Crippen molar-refractivity contribution in [2.75, 3.05) is 18.8 Å². The van der Waals surface area contributed by atoms with Crippen molar-refractivity contribution in [3.05, 3.63) is 29.6 Å². The van der Waals surface area contributed by atoms with E-state index in [4.69, 9.17) is 0 Å². The summed E-state index contributed by atoms with van der Waals surface area (Å²) < 4.78 is 13.5. The van der Waals surface area contributed by atoms with Gasteiger partial charge in [-0.05, 0) is 42.4 Å². The van der Waals surface area contributed by atoms with E-state index in [9.17, 15) is 9.18 Å². The van der Waals surface area contributed by atoms with E-state index < -0.39 is 0 Å². The first-order valence-electron chi connectivity index (χ1n) is 7.63. The molecule has 1 aromatic carbocycles. The van der Waals surface area contributed by atoms with Gasteiger partial charge in [0.25, 0.3) is 0 Å². The molecule has 2 aliphatic rings. The molecule has 0 bridgehead atoms. The third kappa shape index (κ3) is 3.24. The summed E-state index contributed by atoms with van der Waals surface area (Å²) in [4.78, 5) is 14.9. The average Bonchev–Trinajstić information content (AvgIpc) is 2.95. The molecule has 0 aromatic heterocycles. The summed E-state index contributed by atoms with van der Waals surface area (Å²) in [7, 11) is 0. The SMILES string of the molecule is CCC(=O)N1CCC(NC2CCSc3ccc(F)cc32)C1. The smallest absolute Gasteiger partial charge is 0.222 e. The number of carbonyl (C=O) groups is 1. The molecule has 21 heavy (non-hydrogen) atoms. The van der Waals surface area contributed by atoms with Crippen LogP contribution in [0.3, 0.4) is 0 Å². The number of hydrogen-bond acceptors (Lipinski definition) is 3. The molecule has 2 atom stereocenters. The zero-order valence-electron chi connectivity index (χ0n) is 12.3. The predicted octanol–water partition coefficient (Wildman–Crippen LogP) is 2.96. The maximum Gasteiger partial charge on any atom is 0.222 e. The molecule has 1 N–H and O–H groups in total. The first-order valence-corrected chi connectivity index (χ1v) is 8.62. The molecule has 1 saturated heterocycles. The van der Waals surface area contributed by atoms with Crippen LogP contribution in [-0.2, 0) is 4.79 Å². The highest BCUT2D eigenvalue weighted by Gasteiger charge is 2.29. The number of amides is 1. The van der Waals surface area contributed by atoms with Gasteiger partial charge in [0, 0.05) is 36.5 Å². The van der Waals surface area contributed by atoms with Crippen LogP contribution in [0.1, 0.15) is 37.8 Å². The van der Waals surface area contributed by atoms with Crippen LogP contribution in [0.25, 0.3) is 0 Å². The van der Waals surface area contributed by atoms with Crippen LogP contribution < -0.4 is 5.32 Å². The summed E-state index contributed by atoms with van der Waals surface area (Å²) in [6, 6.07) is 5.60. The normalized spacial score (nSPS) is 25.0. The van der Waals surface area contributed by atoms with Crippen LogP contribution in [0.5, 0.6) is 0 Å². The van der Waals surface area contributed by atoms with Crippen molar-refractivity contribution in [1.29, 1.82) is 0 Å². The molecular weight excluding hydrogens is 287 g/mol. The number of nitrogens with zero attached hydrogens (tertiary/aromatic N) is 1. The third-order valence-corrected chi connectivity index (χ3v) is 5.41. The van der Waals surface area contributed by atoms with Crippen LogP contribution in [0.4, 0.5) is 4.39 Å². The van der Waals surface area contributed by atoms with Gasteiger partial charge in [0.2, 0.25) is 5.91 Å². The van der Waals surface area contributed by atoms with Gasteiger partial charge in [0.15, 0.2) is 0 Å². The fourth-order valence-corrected chi connectivity index (χ4v) is 4.27. The Morgan fingerprint density at radius 3 is 3.14 bits per heavy atom. The van der Waals surface area contributed by atoms with E-state index in [0.29, 0.717) is 12.5 Å². The maximum absolute atomic E-state index is 13.5. The summed E-state index contributed by atoms with van der Waals surface area (Å²) in [6.45, 7) is 3.52. The lowest BCUT2D eigenvalue weighted by atomic mass is 10.0. The lowest BCUT2D eigenvalue weighted by Crippen LogP contribution is -2.38. The minimum absolute atomic E-state index is 0.169. The minimum atomic E-state index is -0.169. The zero-order chi connectivity index (χ0) is 14.8. The van der Waals surface area contributed by atoms with Crippen molar-refractivity contribution in [3.8, 4) is 0 Å². The Kier molecular flexibility index (Phi) is 4.50. The largest absolute Gasteiger partial charge is 0.341 e. The number of rotatable bonds is 3. The average molecular weight is 308 g/mol. The summed E-state index contributed by atoms with van der Waals surface area (Å²) in [5, 5.41) is 3.64. The number of thioether (sulfide) groups is 1. The molecule has 0 aliphatic carbocycles. The van der Waals surface area contributed by atoms with E-state index in [-0.39, 0.29) is 17.8 Å². The molecule has 1 aromatic rings. The molecule has 2 aliphatic heterocycles. The molecule has 3 nitrogen and oxygen atoms in total. The lowest BCUT2D eigenvalue weighted by molar-refractivity contribution is -0.129. The van der Waals surface area contributed by atoms with Gasteiger partial charge in [0.05, 0.1) is 0 Å². The van der Waals surface area contributed by atoms with Crippen LogP contribution >= 0.6 is 11.8 Å². The quantitative estimate of drug-likeness (QED) is 0.932. The van der Waals surface area contributed by atoms with Gasteiger partial charge in [0.1, 0.15) is 5.82 Å². The van der Waals surface area contributed by atoms with E-state index in [2.05, 4.69) is 5.32 Å². The Bertz CT molecular complexity index is 537. The summed E-state index contributed by atoms with van der Waals surface area (Å²) >= 11 is 1.80. The number of carbonyl (C=O) groups excluding carboxylic acids is 1. The van der Waals surface area contributed by atoms with Crippen LogP contribution in [0.2, 0.25) is 0 Å². The van der Waals surface area contributed by atoms with Crippen LogP contribution in [-0.4, -0.2) is 35.7 Å². The Morgan fingerprint density at radius 2 is 2.33 bits per heavy atom. The standard InChI is InChI=1S/C16H21FN2OS/c1-2-16(20)19-7-5-12(10-19)18-14-6-8-21-15-4-3-11(17)9-13(14)15/h3-4,9,12,14,18H,2,5-8,10H2,1H3. The van der Waals surface area contributed by atoms with Gasteiger partial charge >= 0.3 is 0 Å². The van der Waals surface area contributed by atoms with E-state index >= 15 is 0 Å². The fourth-order valence-electron chi connectivity index (χ4n) is 3.17. The summed E-state index contributed by atoms with van der Waals surface area (Å²) in [5.74, 6) is 1.11. The summed E-state index contributed by atoms with van der Waals surface area (Å²) in [6.07, 6.45) is 2.57. The van der Waals surface area contributed by atoms with Crippen LogP contribution in [0, 0.1) is 5.82 Å². The van der Waals surface area contributed by atoms with E-state index in [1.807, 2.05) is 17.9 Å². The van der Waals surface area contributed by atoms with Gasteiger partial charge in [-0.3, -0.25) is 4.79 Å². The van der Waals surface area contributed by atoms with Crippen LogP contribution in [0.15, 0.2) is 23.1 Å². The van der Waals surface area contributed by atoms with E-state index in [1.54, 1.807) is 17.8 Å². The molecule has 0 radical (unpaired) electrons. The molecule has 1 amide bonds. The first-order chi connectivity index (χ1) is 10.2. The molecule has 114 valence electrons. The van der Waals surface area contributed by atoms with Crippen molar-refractivity contribution in [2.45, 2.75) is 43.2 Å². The van der Waals surface area contributed by atoms with E-state index in [0.717, 1.165) is 37.2 Å².